The number of rotatable bonds is 9. The molecule has 7 nitrogen and oxygen atoms in total. The Hall–Kier alpha value is -2.77. The van der Waals surface area contributed by atoms with Crippen molar-refractivity contribution in [1.29, 1.82) is 0 Å². The van der Waals surface area contributed by atoms with Gasteiger partial charge >= 0.3 is 0 Å². The minimum atomic E-state index is 0.0280. The Morgan fingerprint density at radius 1 is 0.933 bits per heavy atom. The number of carbonyl (C=O) groups excluding carboxylic acids is 1. The summed E-state index contributed by atoms with van der Waals surface area (Å²) in [5.74, 6) is 2.41. The van der Waals surface area contributed by atoms with E-state index in [1.807, 2.05) is 49.4 Å². The van der Waals surface area contributed by atoms with E-state index in [1.165, 1.54) is 9.80 Å². The van der Waals surface area contributed by atoms with Crippen molar-refractivity contribution in [2.45, 2.75) is 6.92 Å². The zero-order chi connectivity index (χ0) is 21.3. The smallest absolute Gasteiger partial charge is 0.279 e. The number of quaternary nitrogens is 2. The number of hydrogen-bond acceptors (Lipinski definition) is 4. The number of piperazine rings is 1. The summed E-state index contributed by atoms with van der Waals surface area (Å²) < 4.78 is 16.3. The van der Waals surface area contributed by atoms with Gasteiger partial charge in [-0.25, -0.2) is 0 Å². The van der Waals surface area contributed by atoms with E-state index in [2.05, 4.69) is 5.32 Å². The summed E-state index contributed by atoms with van der Waals surface area (Å²) in [6.45, 7) is 8.18. The normalized spacial score (nSPS) is 18.5. The molecule has 0 atom stereocenters. The molecule has 0 bridgehead atoms. The Morgan fingerprint density at radius 2 is 1.60 bits per heavy atom. The van der Waals surface area contributed by atoms with Gasteiger partial charge in [0.2, 0.25) is 0 Å². The van der Waals surface area contributed by atoms with Gasteiger partial charge in [0.05, 0.1) is 19.9 Å². The van der Waals surface area contributed by atoms with Gasteiger partial charge in [0, 0.05) is 0 Å². The van der Waals surface area contributed by atoms with Gasteiger partial charge in [0.15, 0.2) is 6.54 Å². The predicted octanol–water partition coefficient (Wildman–Crippen LogP) is -0.187. The van der Waals surface area contributed by atoms with Crippen molar-refractivity contribution >= 4 is 11.6 Å². The number of methoxy groups -OCH3 is 2. The molecule has 162 valence electrons. The van der Waals surface area contributed by atoms with Crippen LogP contribution in [-0.4, -0.2) is 66.0 Å². The van der Waals surface area contributed by atoms with Gasteiger partial charge in [-0.15, -0.1) is 0 Å². The van der Waals surface area contributed by atoms with Gasteiger partial charge in [0.25, 0.3) is 5.91 Å². The first-order valence-electron chi connectivity index (χ1n) is 10.5. The molecule has 0 saturated carbocycles. The van der Waals surface area contributed by atoms with Crippen molar-refractivity contribution < 1.29 is 28.8 Å². The van der Waals surface area contributed by atoms with Gasteiger partial charge in [-0.3, -0.25) is 4.79 Å². The van der Waals surface area contributed by atoms with Gasteiger partial charge in [-0.05, 0) is 48.9 Å². The van der Waals surface area contributed by atoms with E-state index in [1.54, 1.807) is 14.2 Å². The zero-order valence-electron chi connectivity index (χ0n) is 18.1. The van der Waals surface area contributed by atoms with Crippen LogP contribution in [-0.2, 0) is 4.79 Å². The van der Waals surface area contributed by atoms with Crippen molar-refractivity contribution in [3.63, 3.8) is 0 Å². The maximum absolute atomic E-state index is 12.5. The second kappa shape index (κ2) is 10.8. The highest BCUT2D eigenvalue weighted by Gasteiger charge is 2.25. The van der Waals surface area contributed by atoms with Gasteiger partial charge in [-0.2, -0.15) is 0 Å². The molecule has 2 aromatic carbocycles. The number of anilines is 1. The molecular weight excluding hydrogens is 382 g/mol. The first-order chi connectivity index (χ1) is 14.6. The van der Waals surface area contributed by atoms with E-state index < -0.39 is 0 Å². The molecule has 3 N–H and O–H groups in total. The third-order valence-electron chi connectivity index (χ3n) is 5.49. The zero-order valence-corrected chi connectivity index (χ0v) is 18.1. The number of amides is 1. The van der Waals surface area contributed by atoms with E-state index in [0.29, 0.717) is 18.9 Å². The largest absolute Gasteiger partial charge is 0.497 e. The van der Waals surface area contributed by atoms with Crippen LogP contribution in [0.25, 0.3) is 0 Å². The third kappa shape index (κ3) is 6.37. The maximum Gasteiger partial charge on any atom is 0.279 e. The van der Waals surface area contributed by atoms with Crippen molar-refractivity contribution in [3.05, 3.63) is 48.0 Å². The molecule has 30 heavy (non-hydrogen) atoms. The minimum Gasteiger partial charge on any atom is -0.497 e. The monoisotopic (exact) mass is 415 g/mol. The van der Waals surface area contributed by atoms with Crippen LogP contribution in [0.4, 0.5) is 5.69 Å². The molecule has 0 spiro atoms. The van der Waals surface area contributed by atoms with E-state index in [0.717, 1.165) is 55.5 Å². The lowest BCUT2D eigenvalue weighted by Gasteiger charge is -2.29. The fourth-order valence-corrected chi connectivity index (χ4v) is 3.71. The Bertz CT molecular complexity index is 818. The lowest BCUT2D eigenvalue weighted by molar-refractivity contribution is -1.01. The Morgan fingerprint density at radius 3 is 2.27 bits per heavy atom. The van der Waals surface area contributed by atoms with Gasteiger partial charge in [0.1, 0.15) is 56.6 Å². The SMILES string of the molecule is COc1ccc(OCC[NH+]2CC[NH+](CC(=O)Nc3cc(C)ccc3OC)CC2)cc1. The van der Waals surface area contributed by atoms with E-state index in [9.17, 15) is 4.79 Å². The second-order valence-corrected chi connectivity index (χ2v) is 7.70. The summed E-state index contributed by atoms with van der Waals surface area (Å²) in [6.07, 6.45) is 0. The van der Waals surface area contributed by atoms with Gasteiger partial charge < -0.3 is 29.3 Å². The van der Waals surface area contributed by atoms with Crippen LogP contribution in [0.2, 0.25) is 0 Å². The van der Waals surface area contributed by atoms with E-state index in [-0.39, 0.29) is 5.91 Å². The highest BCUT2D eigenvalue weighted by molar-refractivity contribution is 5.93. The molecule has 0 unspecified atom stereocenters. The summed E-state index contributed by atoms with van der Waals surface area (Å²) in [7, 11) is 3.27. The average Bonchev–Trinajstić information content (AvgIpc) is 2.75. The van der Waals surface area contributed by atoms with Crippen LogP contribution in [0.3, 0.4) is 0 Å². The van der Waals surface area contributed by atoms with Crippen LogP contribution in [0.15, 0.2) is 42.5 Å². The fourth-order valence-electron chi connectivity index (χ4n) is 3.71. The van der Waals surface area contributed by atoms with Crippen LogP contribution in [0.1, 0.15) is 5.56 Å². The fraction of sp³-hybridized carbons (Fsp3) is 0.435. The van der Waals surface area contributed by atoms with Gasteiger partial charge in [-0.1, -0.05) is 6.07 Å². The summed E-state index contributed by atoms with van der Waals surface area (Å²) in [5.41, 5.74) is 1.83. The molecule has 1 aliphatic rings. The number of ether oxygens (including phenoxy) is 3. The third-order valence-corrected chi connectivity index (χ3v) is 5.49. The highest BCUT2D eigenvalue weighted by Crippen LogP contribution is 2.24. The maximum atomic E-state index is 12.5. The summed E-state index contributed by atoms with van der Waals surface area (Å²) in [6, 6.07) is 13.5. The highest BCUT2D eigenvalue weighted by atomic mass is 16.5. The molecule has 0 aliphatic carbocycles. The van der Waals surface area contributed by atoms with E-state index >= 15 is 0 Å². The molecule has 0 aromatic heterocycles. The van der Waals surface area contributed by atoms with Crippen LogP contribution >= 0.6 is 0 Å². The molecule has 0 radical (unpaired) electrons. The molecule has 1 saturated heterocycles. The lowest BCUT2D eigenvalue weighted by Crippen LogP contribution is -3.28. The van der Waals surface area contributed by atoms with Crippen LogP contribution in [0, 0.1) is 6.92 Å². The molecule has 3 rings (SSSR count). The number of carbonyl (C=O) groups is 1. The predicted molar refractivity (Wildman–Crippen MR) is 116 cm³/mol. The van der Waals surface area contributed by atoms with Crippen LogP contribution < -0.4 is 29.3 Å². The Balaban J connectivity index is 1.37. The van der Waals surface area contributed by atoms with Crippen molar-refractivity contribution in [2.24, 2.45) is 0 Å². The summed E-state index contributed by atoms with van der Waals surface area (Å²) in [5, 5.41) is 3.00. The van der Waals surface area contributed by atoms with Crippen molar-refractivity contribution in [1.82, 2.24) is 0 Å². The summed E-state index contributed by atoms with van der Waals surface area (Å²) >= 11 is 0. The number of hydrogen-bond donors (Lipinski definition) is 3. The minimum absolute atomic E-state index is 0.0280. The molecule has 1 amide bonds. The Kier molecular flexibility index (Phi) is 7.93. The number of benzene rings is 2. The molecule has 1 fully saturated rings. The average molecular weight is 416 g/mol. The topological polar surface area (TPSA) is 65.7 Å². The standard InChI is InChI=1S/C23H31N3O4/c1-18-4-9-22(29-3)21(16-18)24-23(27)17-26-12-10-25(11-13-26)14-15-30-20-7-5-19(28-2)6-8-20/h4-9,16H,10-15,17H2,1-3H3,(H,24,27)/p+2. The first-order valence-corrected chi connectivity index (χ1v) is 10.5. The molecular formula is C23H33N3O4+2. The van der Waals surface area contributed by atoms with E-state index in [4.69, 9.17) is 14.2 Å². The number of nitrogens with one attached hydrogen (secondary N) is 3. The van der Waals surface area contributed by atoms with Crippen molar-refractivity contribution in [2.75, 3.05) is 65.4 Å². The first kappa shape index (κ1) is 21.9. The Labute approximate surface area is 178 Å². The van der Waals surface area contributed by atoms with Crippen molar-refractivity contribution in [3.8, 4) is 17.2 Å². The molecule has 1 heterocycles. The number of aryl methyl sites for hydroxylation is 1. The summed E-state index contributed by atoms with van der Waals surface area (Å²) in [4.78, 5) is 15.3. The molecule has 1 aliphatic heterocycles. The van der Waals surface area contributed by atoms with Crippen LogP contribution in [0.5, 0.6) is 17.2 Å². The molecule has 2 aromatic rings. The molecule has 7 heteroatoms. The lowest BCUT2D eigenvalue weighted by atomic mass is 10.2. The quantitative estimate of drug-likeness (QED) is 0.531. The second-order valence-electron chi connectivity index (χ2n) is 7.70.